The summed E-state index contributed by atoms with van der Waals surface area (Å²) in [7, 11) is 1.34. The first-order chi connectivity index (χ1) is 15.5. The lowest BCUT2D eigenvalue weighted by Gasteiger charge is -2.10. The van der Waals surface area contributed by atoms with Crippen LogP contribution in [0.1, 0.15) is 31.1 Å². The quantitative estimate of drug-likeness (QED) is 0.427. The van der Waals surface area contributed by atoms with Gasteiger partial charge in [0.15, 0.2) is 0 Å². The van der Waals surface area contributed by atoms with E-state index in [1.54, 1.807) is 30.3 Å². The zero-order valence-corrected chi connectivity index (χ0v) is 17.2. The molecule has 0 saturated carbocycles. The third kappa shape index (κ3) is 4.20. The summed E-state index contributed by atoms with van der Waals surface area (Å²) >= 11 is 0. The molecular weight excluding hydrogens is 406 g/mol. The Morgan fingerprint density at radius 1 is 0.781 bits per heavy atom. The highest BCUT2D eigenvalue weighted by atomic mass is 16.5. The smallest absolute Gasteiger partial charge is 0.337 e. The number of fused-ring (bicyclic) bond motifs is 1. The summed E-state index contributed by atoms with van der Waals surface area (Å²) in [6.07, 6.45) is 0. The Bertz CT molecular complexity index is 1320. The number of esters is 1. The molecule has 4 aromatic rings. The van der Waals surface area contributed by atoms with Crippen molar-refractivity contribution in [2.24, 2.45) is 0 Å². The summed E-state index contributed by atoms with van der Waals surface area (Å²) in [5.41, 5.74) is 3.43. The van der Waals surface area contributed by atoms with Gasteiger partial charge in [0.2, 0.25) is 0 Å². The van der Waals surface area contributed by atoms with Crippen molar-refractivity contribution in [3.8, 4) is 11.1 Å². The van der Waals surface area contributed by atoms with Gasteiger partial charge in [-0.1, -0.05) is 36.4 Å². The summed E-state index contributed by atoms with van der Waals surface area (Å²) in [5, 5.41) is 13.7. The molecule has 0 aromatic heterocycles. The SMILES string of the molecule is COC(=O)c1ccc(-c2cccc3ccc(C(=O)Nc4ccc(C(=O)O)cc4)cc23)cc1. The van der Waals surface area contributed by atoms with Gasteiger partial charge in [-0.3, -0.25) is 4.79 Å². The van der Waals surface area contributed by atoms with Crippen LogP contribution in [-0.4, -0.2) is 30.1 Å². The van der Waals surface area contributed by atoms with Gasteiger partial charge in [-0.05, 0) is 70.4 Å². The van der Waals surface area contributed by atoms with E-state index in [0.29, 0.717) is 16.8 Å². The van der Waals surface area contributed by atoms with E-state index in [2.05, 4.69) is 5.32 Å². The molecule has 2 N–H and O–H groups in total. The number of hydrogen-bond acceptors (Lipinski definition) is 4. The monoisotopic (exact) mass is 425 g/mol. The van der Waals surface area contributed by atoms with E-state index in [1.165, 1.54) is 19.2 Å². The number of ether oxygens (including phenoxy) is 1. The van der Waals surface area contributed by atoms with Gasteiger partial charge in [-0.2, -0.15) is 0 Å². The number of aromatic carboxylic acids is 1. The van der Waals surface area contributed by atoms with E-state index >= 15 is 0 Å². The van der Waals surface area contributed by atoms with Crippen LogP contribution in [0.5, 0.6) is 0 Å². The molecule has 0 aliphatic heterocycles. The van der Waals surface area contributed by atoms with Crippen molar-refractivity contribution in [3.05, 3.63) is 102 Å². The molecule has 6 nitrogen and oxygen atoms in total. The van der Waals surface area contributed by atoms with Crippen LogP contribution in [0.4, 0.5) is 5.69 Å². The number of carboxylic acids is 1. The number of nitrogens with one attached hydrogen (secondary N) is 1. The maximum atomic E-state index is 12.8. The maximum absolute atomic E-state index is 12.8. The standard InChI is InChI=1S/C26H19NO5/c1-32-26(31)19-8-5-17(6-9-19)22-4-2-3-16-7-10-20(15-23(16)22)24(28)27-21-13-11-18(12-14-21)25(29)30/h2-15H,1H3,(H,27,28)(H,29,30). The molecule has 0 bridgehead atoms. The van der Waals surface area contributed by atoms with Gasteiger partial charge >= 0.3 is 11.9 Å². The Hall–Kier alpha value is -4.45. The van der Waals surface area contributed by atoms with E-state index in [-0.39, 0.29) is 11.5 Å². The summed E-state index contributed by atoms with van der Waals surface area (Å²) in [6, 6.07) is 24.4. The van der Waals surface area contributed by atoms with Gasteiger partial charge in [0.25, 0.3) is 5.91 Å². The summed E-state index contributed by atoms with van der Waals surface area (Å²) in [5.74, 6) is -1.72. The number of amides is 1. The van der Waals surface area contributed by atoms with Crippen LogP contribution in [-0.2, 0) is 4.74 Å². The lowest BCUT2D eigenvalue weighted by Crippen LogP contribution is -2.12. The number of rotatable bonds is 5. The Morgan fingerprint density at radius 2 is 1.44 bits per heavy atom. The molecule has 4 aromatic carbocycles. The number of hydrogen-bond donors (Lipinski definition) is 2. The minimum Gasteiger partial charge on any atom is -0.478 e. The highest BCUT2D eigenvalue weighted by molar-refractivity contribution is 6.08. The first kappa shape index (κ1) is 20.8. The predicted molar refractivity (Wildman–Crippen MR) is 122 cm³/mol. The first-order valence-electron chi connectivity index (χ1n) is 9.82. The molecule has 0 fully saturated rings. The van der Waals surface area contributed by atoms with Crippen molar-refractivity contribution in [2.75, 3.05) is 12.4 Å². The van der Waals surface area contributed by atoms with Crippen molar-refractivity contribution in [3.63, 3.8) is 0 Å². The first-order valence-corrected chi connectivity index (χ1v) is 9.82. The molecule has 158 valence electrons. The van der Waals surface area contributed by atoms with E-state index < -0.39 is 11.9 Å². The van der Waals surface area contributed by atoms with Crippen molar-refractivity contribution in [2.45, 2.75) is 0 Å². The van der Waals surface area contributed by atoms with Crippen LogP contribution >= 0.6 is 0 Å². The van der Waals surface area contributed by atoms with Crippen molar-refractivity contribution >= 4 is 34.3 Å². The molecule has 32 heavy (non-hydrogen) atoms. The molecule has 0 aliphatic carbocycles. The molecule has 0 radical (unpaired) electrons. The Morgan fingerprint density at radius 3 is 2.09 bits per heavy atom. The van der Waals surface area contributed by atoms with Gasteiger partial charge in [0.1, 0.15) is 0 Å². The topological polar surface area (TPSA) is 92.7 Å². The fourth-order valence-corrected chi connectivity index (χ4v) is 3.47. The van der Waals surface area contributed by atoms with Crippen LogP contribution in [0, 0.1) is 0 Å². The number of carbonyl (C=O) groups is 3. The molecule has 0 saturated heterocycles. The number of carbonyl (C=O) groups excluding carboxylic acids is 2. The Balaban J connectivity index is 1.65. The molecule has 6 heteroatoms. The molecule has 0 spiro atoms. The third-order valence-electron chi connectivity index (χ3n) is 5.15. The zero-order chi connectivity index (χ0) is 22.7. The van der Waals surface area contributed by atoms with Crippen molar-refractivity contribution in [1.29, 1.82) is 0 Å². The van der Waals surface area contributed by atoms with Gasteiger partial charge in [0, 0.05) is 11.3 Å². The lowest BCUT2D eigenvalue weighted by molar-refractivity contribution is 0.0599. The molecule has 1 amide bonds. The second kappa shape index (κ2) is 8.73. The van der Waals surface area contributed by atoms with Crippen LogP contribution < -0.4 is 5.32 Å². The van der Waals surface area contributed by atoms with Gasteiger partial charge < -0.3 is 15.2 Å². The minimum atomic E-state index is -1.02. The second-order valence-corrected chi connectivity index (χ2v) is 7.15. The van der Waals surface area contributed by atoms with Crippen molar-refractivity contribution < 1.29 is 24.2 Å². The van der Waals surface area contributed by atoms with Gasteiger partial charge in [-0.15, -0.1) is 0 Å². The zero-order valence-electron chi connectivity index (χ0n) is 17.2. The minimum absolute atomic E-state index is 0.150. The fraction of sp³-hybridized carbons (Fsp3) is 0.0385. The summed E-state index contributed by atoms with van der Waals surface area (Å²) in [4.78, 5) is 35.5. The van der Waals surface area contributed by atoms with Crippen LogP contribution in [0.25, 0.3) is 21.9 Å². The third-order valence-corrected chi connectivity index (χ3v) is 5.15. The summed E-state index contributed by atoms with van der Waals surface area (Å²) < 4.78 is 4.75. The van der Waals surface area contributed by atoms with E-state index in [9.17, 15) is 14.4 Å². The van der Waals surface area contributed by atoms with Crippen molar-refractivity contribution in [1.82, 2.24) is 0 Å². The average molecular weight is 425 g/mol. The number of anilines is 1. The number of carboxylic acid groups (broad SMARTS) is 1. The summed E-state index contributed by atoms with van der Waals surface area (Å²) in [6.45, 7) is 0. The normalized spacial score (nSPS) is 10.5. The van der Waals surface area contributed by atoms with Gasteiger partial charge in [0.05, 0.1) is 18.2 Å². The van der Waals surface area contributed by atoms with Gasteiger partial charge in [-0.25, -0.2) is 9.59 Å². The second-order valence-electron chi connectivity index (χ2n) is 7.15. The molecular formula is C26H19NO5. The number of benzene rings is 4. The van der Waals surface area contributed by atoms with E-state index in [0.717, 1.165) is 21.9 Å². The lowest BCUT2D eigenvalue weighted by atomic mass is 9.96. The highest BCUT2D eigenvalue weighted by Crippen LogP contribution is 2.30. The number of methoxy groups -OCH3 is 1. The fourth-order valence-electron chi connectivity index (χ4n) is 3.47. The highest BCUT2D eigenvalue weighted by Gasteiger charge is 2.12. The van der Waals surface area contributed by atoms with E-state index in [4.69, 9.17) is 9.84 Å². The average Bonchev–Trinajstić information content (AvgIpc) is 2.83. The molecule has 0 heterocycles. The predicted octanol–water partition coefficient (Wildman–Crippen LogP) is 5.24. The Kier molecular flexibility index (Phi) is 5.68. The maximum Gasteiger partial charge on any atom is 0.337 e. The molecule has 4 rings (SSSR count). The molecule has 0 aliphatic rings. The van der Waals surface area contributed by atoms with Crippen LogP contribution in [0.2, 0.25) is 0 Å². The largest absolute Gasteiger partial charge is 0.478 e. The van der Waals surface area contributed by atoms with E-state index in [1.807, 2.05) is 42.5 Å². The molecule has 0 atom stereocenters. The van der Waals surface area contributed by atoms with Crippen LogP contribution in [0.3, 0.4) is 0 Å². The Labute approximate surface area is 184 Å². The van der Waals surface area contributed by atoms with Crippen LogP contribution in [0.15, 0.2) is 84.9 Å². The molecule has 0 unspecified atom stereocenters.